The molecule has 0 aromatic heterocycles. The number of hydrogen-bond donors (Lipinski definition) is 0. The summed E-state index contributed by atoms with van der Waals surface area (Å²) in [6, 6.07) is 35.1. The Kier molecular flexibility index (Phi) is 9.43. The molecule has 5 rings (SSSR count). The highest BCUT2D eigenvalue weighted by Crippen LogP contribution is 2.38. The van der Waals surface area contributed by atoms with Gasteiger partial charge in [0.2, 0.25) is 0 Å². The summed E-state index contributed by atoms with van der Waals surface area (Å²) in [7, 11) is 0. The molecule has 1 saturated heterocycles. The number of carbonyl (C=O) groups is 3. The molecule has 3 atom stereocenters. The molecule has 4 aromatic rings. The van der Waals surface area contributed by atoms with Gasteiger partial charge in [-0.05, 0) is 58.4 Å². The average Bonchev–Trinajstić information content (AvgIpc) is 3.35. The molecule has 41 heavy (non-hydrogen) atoms. The monoisotopic (exact) mass is 569 g/mol. The van der Waals surface area contributed by atoms with Gasteiger partial charge in [-0.1, -0.05) is 84.9 Å². The van der Waals surface area contributed by atoms with E-state index in [1.165, 1.54) is 4.47 Å². The van der Waals surface area contributed by atoms with Gasteiger partial charge in [0.25, 0.3) is 0 Å². The van der Waals surface area contributed by atoms with E-state index in [-0.39, 0.29) is 13.2 Å². The van der Waals surface area contributed by atoms with Crippen LogP contribution in [0.25, 0.3) is 0 Å². The first-order valence-corrected chi connectivity index (χ1v) is 13.8. The van der Waals surface area contributed by atoms with Crippen LogP contribution in [0.2, 0.25) is 0 Å². The number of hydroxylamine groups is 1. The number of esters is 2. The molecule has 0 N–H and O–H groups in total. The third-order valence-electron chi connectivity index (χ3n) is 6.18. The summed E-state index contributed by atoms with van der Waals surface area (Å²) in [6.45, 7) is 0.0249. The maximum atomic E-state index is 13.2. The van der Waals surface area contributed by atoms with Crippen LogP contribution >= 0.6 is 11.9 Å². The summed E-state index contributed by atoms with van der Waals surface area (Å²) >= 11 is 1.07. The molecule has 4 aromatic carbocycles. The lowest BCUT2D eigenvalue weighted by Gasteiger charge is -2.26. The van der Waals surface area contributed by atoms with Crippen molar-refractivity contribution in [2.75, 3.05) is 6.61 Å². The molecule has 0 radical (unpaired) electrons. The van der Waals surface area contributed by atoms with Gasteiger partial charge in [0.1, 0.15) is 6.61 Å². The van der Waals surface area contributed by atoms with Gasteiger partial charge in [0.15, 0.2) is 12.3 Å². The minimum absolute atomic E-state index is 0.129. The average molecular weight is 570 g/mol. The van der Waals surface area contributed by atoms with Gasteiger partial charge in [-0.25, -0.2) is 14.4 Å². The van der Waals surface area contributed by atoms with E-state index in [0.717, 1.165) is 17.5 Å². The van der Waals surface area contributed by atoms with Crippen LogP contribution in [-0.4, -0.2) is 46.6 Å². The second-order valence-electron chi connectivity index (χ2n) is 9.06. The van der Waals surface area contributed by atoms with E-state index in [1.54, 1.807) is 91.0 Å². The van der Waals surface area contributed by atoms with Crippen molar-refractivity contribution in [2.24, 2.45) is 0 Å². The molecule has 0 saturated carbocycles. The van der Waals surface area contributed by atoms with Gasteiger partial charge in [-0.15, -0.1) is 0 Å². The number of rotatable bonds is 10. The summed E-state index contributed by atoms with van der Waals surface area (Å²) in [4.78, 5) is 44.6. The van der Waals surface area contributed by atoms with Crippen molar-refractivity contribution in [3.05, 3.63) is 144 Å². The summed E-state index contributed by atoms with van der Waals surface area (Å²) in [5, 5.41) is -0.639. The summed E-state index contributed by atoms with van der Waals surface area (Å²) in [5.41, 5.74) is 1.95. The maximum absolute atomic E-state index is 13.2. The fourth-order valence-corrected chi connectivity index (χ4v) is 5.21. The van der Waals surface area contributed by atoms with Crippen LogP contribution in [0.5, 0.6) is 0 Å². The van der Waals surface area contributed by atoms with E-state index in [2.05, 4.69) is 0 Å². The smallest absolute Gasteiger partial charge is 0.357 e. The van der Waals surface area contributed by atoms with Crippen molar-refractivity contribution < 1.29 is 33.4 Å². The van der Waals surface area contributed by atoms with E-state index >= 15 is 0 Å². The Morgan fingerprint density at radius 1 is 0.634 bits per heavy atom. The van der Waals surface area contributed by atoms with Crippen molar-refractivity contribution >= 4 is 29.9 Å². The molecule has 0 bridgehead atoms. The lowest BCUT2D eigenvalue weighted by Crippen LogP contribution is -2.42. The zero-order valence-corrected chi connectivity index (χ0v) is 22.7. The molecular formula is C32H27NO7S. The predicted molar refractivity (Wildman–Crippen MR) is 152 cm³/mol. The van der Waals surface area contributed by atoms with Crippen LogP contribution in [0.15, 0.2) is 121 Å². The summed E-state index contributed by atoms with van der Waals surface area (Å²) in [6.07, 6.45) is -1.95. The highest BCUT2D eigenvalue weighted by atomic mass is 32.2. The van der Waals surface area contributed by atoms with Gasteiger partial charge in [-0.2, -0.15) is 0 Å². The number of benzene rings is 4. The lowest BCUT2D eigenvalue weighted by molar-refractivity contribution is -0.182. The molecule has 0 unspecified atom stereocenters. The Balaban J connectivity index is 1.40. The molecule has 8 nitrogen and oxygen atoms in total. The van der Waals surface area contributed by atoms with Crippen LogP contribution in [0.3, 0.4) is 0 Å². The van der Waals surface area contributed by atoms with Crippen LogP contribution in [0.4, 0.5) is 0 Å². The van der Waals surface area contributed by atoms with Gasteiger partial charge in [0.05, 0.1) is 28.5 Å². The normalized spacial score (nSPS) is 18.4. The molecule has 1 aliphatic rings. The summed E-state index contributed by atoms with van der Waals surface area (Å²) < 4.78 is 19.1. The first-order valence-electron chi connectivity index (χ1n) is 13.0. The van der Waals surface area contributed by atoms with Crippen molar-refractivity contribution in [1.82, 2.24) is 4.47 Å². The van der Waals surface area contributed by atoms with Gasteiger partial charge < -0.3 is 19.0 Å². The van der Waals surface area contributed by atoms with E-state index in [4.69, 9.17) is 19.0 Å². The molecule has 0 spiro atoms. The maximum Gasteiger partial charge on any atom is 0.357 e. The van der Waals surface area contributed by atoms with Crippen LogP contribution < -0.4 is 0 Å². The lowest BCUT2D eigenvalue weighted by atomic mass is 10.2. The molecular weight excluding hydrogens is 542 g/mol. The zero-order valence-electron chi connectivity index (χ0n) is 21.9. The second-order valence-corrected chi connectivity index (χ2v) is 10.2. The first-order chi connectivity index (χ1) is 20.1. The van der Waals surface area contributed by atoms with Crippen molar-refractivity contribution in [1.29, 1.82) is 0 Å². The van der Waals surface area contributed by atoms with Crippen molar-refractivity contribution in [3.63, 3.8) is 0 Å². The minimum atomic E-state index is -0.999. The molecule has 208 valence electrons. The Morgan fingerprint density at radius 2 is 1.12 bits per heavy atom. The van der Waals surface area contributed by atoms with Crippen LogP contribution in [0, 0.1) is 0 Å². The molecule has 1 aliphatic heterocycles. The number of carbonyl (C=O) groups excluding carboxylic acids is 3. The highest BCUT2D eigenvalue weighted by Gasteiger charge is 2.49. The molecule has 0 aliphatic carbocycles. The summed E-state index contributed by atoms with van der Waals surface area (Å²) in [5.74, 6) is -1.72. The third kappa shape index (κ3) is 7.40. The Labute approximate surface area is 241 Å². The Morgan fingerprint density at radius 3 is 1.68 bits per heavy atom. The van der Waals surface area contributed by atoms with Gasteiger partial charge >= 0.3 is 17.9 Å². The number of ether oxygens (including phenoxy) is 3. The molecule has 1 heterocycles. The third-order valence-corrected chi connectivity index (χ3v) is 7.35. The standard InChI is InChI=1S/C32H27NO7S/c34-30(24-15-7-2-8-16-24)38-22-27-28(39-31(35)25-17-9-3-10-18-25)29(37-21-23-13-5-1-6-14-23)33(41-27)40-32(36)26-19-11-4-12-20-26/h1-20,27-29H,21-22H2/t27-,28-,29-/m1/s1. The second kappa shape index (κ2) is 13.8. The topological polar surface area (TPSA) is 91.4 Å². The molecule has 1 fully saturated rings. The molecule has 9 heteroatoms. The Bertz CT molecular complexity index is 1440. The SMILES string of the molecule is O=C(OC[C@H]1SN(OC(=O)c2ccccc2)[C@H](OCc2ccccc2)[C@@H]1OC(=O)c1ccccc1)c1ccccc1. The quantitative estimate of drug-likeness (QED) is 0.176. The fourth-order valence-electron chi connectivity index (χ4n) is 4.09. The Hall–Kier alpha value is -4.44. The van der Waals surface area contributed by atoms with E-state index in [0.29, 0.717) is 16.7 Å². The fraction of sp³-hybridized carbons (Fsp3) is 0.156. The van der Waals surface area contributed by atoms with Gasteiger partial charge in [0, 0.05) is 0 Å². The number of hydrogen-bond acceptors (Lipinski definition) is 9. The van der Waals surface area contributed by atoms with Crippen molar-refractivity contribution in [3.8, 4) is 0 Å². The zero-order chi connectivity index (χ0) is 28.4. The first kappa shape index (κ1) is 28.1. The van der Waals surface area contributed by atoms with Crippen LogP contribution in [-0.2, 0) is 25.7 Å². The largest absolute Gasteiger partial charge is 0.461 e. The number of nitrogens with zero attached hydrogens (tertiary/aromatic N) is 1. The van der Waals surface area contributed by atoms with Gasteiger partial charge in [-0.3, -0.25) is 0 Å². The van der Waals surface area contributed by atoms with Crippen molar-refractivity contribution in [2.45, 2.75) is 24.2 Å². The minimum Gasteiger partial charge on any atom is -0.461 e. The highest BCUT2D eigenvalue weighted by molar-refractivity contribution is 7.97. The van der Waals surface area contributed by atoms with Crippen LogP contribution in [0.1, 0.15) is 36.6 Å². The molecule has 0 amide bonds. The van der Waals surface area contributed by atoms with E-state index in [1.807, 2.05) is 30.3 Å². The predicted octanol–water partition coefficient (Wildman–Crippen LogP) is 5.72. The van der Waals surface area contributed by atoms with E-state index < -0.39 is 35.5 Å². The van der Waals surface area contributed by atoms with E-state index in [9.17, 15) is 14.4 Å².